The van der Waals surface area contributed by atoms with Gasteiger partial charge in [-0.3, -0.25) is 9.59 Å². The first-order valence-corrected chi connectivity index (χ1v) is 11.3. The molecule has 2 heterocycles. The van der Waals surface area contributed by atoms with Crippen molar-refractivity contribution in [1.29, 1.82) is 0 Å². The van der Waals surface area contributed by atoms with Crippen LogP contribution in [0.5, 0.6) is 5.75 Å². The number of amides is 2. The number of ether oxygens (including phenoxy) is 1. The Balaban J connectivity index is 1.30. The molecule has 182 valence electrons. The number of fused-ring (bicyclic) bond motifs is 1. The van der Waals surface area contributed by atoms with E-state index >= 15 is 0 Å². The van der Waals surface area contributed by atoms with Crippen LogP contribution in [0.15, 0.2) is 36.5 Å². The van der Waals surface area contributed by atoms with Gasteiger partial charge in [-0.15, -0.1) is 0 Å². The molecule has 1 aliphatic carbocycles. The van der Waals surface area contributed by atoms with Crippen molar-refractivity contribution in [3.63, 3.8) is 0 Å². The lowest BCUT2D eigenvalue weighted by molar-refractivity contribution is 0.0946. The number of nitrogens with zero attached hydrogens (tertiary/aromatic N) is 2. The van der Waals surface area contributed by atoms with E-state index in [-0.39, 0.29) is 39.8 Å². The molecule has 35 heavy (non-hydrogen) atoms. The van der Waals surface area contributed by atoms with Gasteiger partial charge in [0, 0.05) is 37.4 Å². The molecule has 3 N–H and O–H groups in total. The third-order valence-electron chi connectivity index (χ3n) is 6.60. The molecule has 2 aromatic carbocycles. The maximum absolute atomic E-state index is 14.5. The second kappa shape index (κ2) is 8.94. The largest absolute Gasteiger partial charge is 0.494 e. The molecule has 0 spiro atoms. The van der Waals surface area contributed by atoms with Crippen LogP contribution in [-0.2, 0) is 7.05 Å². The number of hydrogen-bond donors (Lipinski definition) is 3. The van der Waals surface area contributed by atoms with E-state index in [1.165, 1.54) is 43.1 Å². The average molecular weight is 502 g/mol. The molecule has 3 aromatic rings. The molecule has 2 aliphatic rings. The van der Waals surface area contributed by atoms with Crippen molar-refractivity contribution >= 4 is 29.1 Å². The third-order valence-corrected chi connectivity index (χ3v) is 6.91. The molecule has 1 saturated carbocycles. The topological polar surface area (TPSA) is 97.3 Å². The van der Waals surface area contributed by atoms with Crippen LogP contribution in [-0.4, -0.2) is 47.6 Å². The van der Waals surface area contributed by atoms with Crippen LogP contribution in [0, 0.1) is 23.5 Å². The highest BCUT2D eigenvalue weighted by molar-refractivity contribution is 6.34. The second-order valence-electron chi connectivity index (χ2n) is 8.60. The molecule has 11 heteroatoms. The number of carbonyl (C=O) groups is 2. The predicted molar refractivity (Wildman–Crippen MR) is 126 cm³/mol. The van der Waals surface area contributed by atoms with Gasteiger partial charge in [0.05, 0.1) is 29.6 Å². The molecule has 5 rings (SSSR count). The summed E-state index contributed by atoms with van der Waals surface area (Å²) in [6.45, 7) is 1.81. The minimum atomic E-state index is -1.13. The van der Waals surface area contributed by atoms with E-state index in [0.717, 1.165) is 13.1 Å². The molecule has 2 amide bonds. The minimum Gasteiger partial charge on any atom is -0.494 e. The van der Waals surface area contributed by atoms with Crippen LogP contribution in [0.25, 0.3) is 11.3 Å². The van der Waals surface area contributed by atoms with E-state index in [4.69, 9.17) is 16.3 Å². The lowest BCUT2D eigenvalue weighted by Gasteiger charge is -2.11. The summed E-state index contributed by atoms with van der Waals surface area (Å²) in [5.74, 6) is -2.37. The fourth-order valence-corrected chi connectivity index (χ4v) is 4.85. The van der Waals surface area contributed by atoms with Crippen molar-refractivity contribution in [2.24, 2.45) is 18.9 Å². The third kappa shape index (κ3) is 4.12. The van der Waals surface area contributed by atoms with Crippen molar-refractivity contribution < 1.29 is 23.1 Å². The zero-order valence-corrected chi connectivity index (χ0v) is 19.6. The Morgan fingerprint density at radius 2 is 1.89 bits per heavy atom. The SMILES string of the molecule is COc1ccc(-c2cnc(C(=O)Nc3ccc(C(=O)N[C@H]4[C@@H]5CNC[C@@H]54)c(Cl)c3)n2C)c(F)c1F. The van der Waals surface area contributed by atoms with Crippen LogP contribution in [0.3, 0.4) is 0 Å². The zero-order valence-electron chi connectivity index (χ0n) is 18.9. The molecule has 0 bridgehead atoms. The number of methoxy groups -OCH3 is 1. The van der Waals surface area contributed by atoms with Crippen LogP contribution >= 0.6 is 11.6 Å². The lowest BCUT2D eigenvalue weighted by Crippen LogP contribution is -2.32. The second-order valence-corrected chi connectivity index (χ2v) is 9.01. The van der Waals surface area contributed by atoms with Gasteiger partial charge in [-0.1, -0.05) is 11.6 Å². The highest BCUT2D eigenvalue weighted by atomic mass is 35.5. The fraction of sp³-hybridized carbons (Fsp3) is 0.292. The molecule has 1 aromatic heterocycles. The van der Waals surface area contributed by atoms with Crippen LogP contribution in [0.4, 0.5) is 14.5 Å². The highest BCUT2D eigenvalue weighted by Crippen LogP contribution is 2.42. The van der Waals surface area contributed by atoms with Crippen LogP contribution in [0.2, 0.25) is 5.02 Å². The number of imidazole rings is 1. The van der Waals surface area contributed by atoms with Gasteiger partial charge >= 0.3 is 0 Å². The Morgan fingerprint density at radius 3 is 2.57 bits per heavy atom. The molecule has 1 saturated heterocycles. The Morgan fingerprint density at radius 1 is 1.14 bits per heavy atom. The Kier molecular flexibility index (Phi) is 5.94. The number of benzene rings is 2. The molecule has 3 atom stereocenters. The van der Waals surface area contributed by atoms with E-state index < -0.39 is 17.5 Å². The summed E-state index contributed by atoms with van der Waals surface area (Å²) in [7, 11) is 2.76. The van der Waals surface area contributed by atoms with Crippen LogP contribution in [0.1, 0.15) is 21.0 Å². The number of hydrogen-bond acceptors (Lipinski definition) is 5. The zero-order chi connectivity index (χ0) is 24.9. The maximum Gasteiger partial charge on any atom is 0.291 e. The molecule has 1 aliphatic heterocycles. The van der Waals surface area contributed by atoms with E-state index in [1.807, 2.05) is 0 Å². The first-order valence-electron chi connectivity index (χ1n) is 11.0. The number of halogens is 3. The minimum absolute atomic E-state index is 0.0255. The summed E-state index contributed by atoms with van der Waals surface area (Å²) >= 11 is 6.32. The first-order chi connectivity index (χ1) is 16.8. The smallest absolute Gasteiger partial charge is 0.291 e. The maximum atomic E-state index is 14.5. The number of nitrogens with one attached hydrogen (secondary N) is 3. The van der Waals surface area contributed by atoms with E-state index in [2.05, 4.69) is 20.9 Å². The Bertz CT molecular complexity index is 1330. The number of anilines is 1. The van der Waals surface area contributed by atoms with Gasteiger partial charge in [0.1, 0.15) is 0 Å². The summed E-state index contributed by atoms with van der Waals surface area (Å²) in [5.41, 5.74) is 0.819. The normalized spacial score (nSPS) is 20.3. The molecular weight excluding hydrogens is 480 g/mol. The first kappa shape index (κ1) is 23.3. The van der Waals surface area contributed by atoms with Crippen LogP contribution < -0.4 is 20.7 Å². The quantitative estimate of drug-likeness (QED) is 0.482. The van der Waals surface area contributed by atoms with Gasteiger partial charge < -0.3 is 25.3 Å². The number of aromatic nitrogens is 2. The number of carbonyl (C=O) groups excluding carboxylic acids is 2. The average Bonchev–Trinajstić information content (AvgIpc) is 3.16. The number of piperidine rings is 1. The number of rotatable bonds is 6. The van der Waals surface area contributed by atoms with E-state index in [1.54, 1.807) is 12.1 Å². The van der Waals surface area contributed by atoms with Crippen molar-refractivity contribution in [3.05, 3.63) is 64.6 Å². The summed E-state index contributed by atoms with van der Waals surface area (Å²) in [4.78, 5) is 29.5. The van der Waals surface area contributed by atoms with Crippen molar-refractivity contribution in [2.45, 2.75) is 6.04 Å². The standard InChI is InChI=1S/C24H22ClF2N5O3/c1-32-17(13-5-6-18(35-2)20(27)19(13)26)10-29-22(32)24(34)30-11-3-4-12(16(25)7-11)23(33)31-21-14-8-28-9-15(14)21/h3-7,10,14-15,21,28H,8-9H2,1-2H3,(H,30,34)(H,31,33)/t14-,15+,21+. The summed E-state index contributed by atoms with van der Waals surface area (Å²) in [6, 6.07) is 7.41. The summed E-state index contributed by atoms with van der Waals surface area (Å²) in [5, 5.41) is 9.15. The Hall–Kier alpha value is -3.50. The monoisotopic (exact) mass is 501 g/mol. The Labute approximate surface area is 204 Å². The summed E-state index contributed by atoms with van der Waals surface area (Å²) in [6.07, 6.45) is 1.28. The molecule has 0 radical (unpaired) electrons. The highest BCUT2D eigenvalue weighted by Gasteiger charge is 2.53. The fourth-order valence-electron chi connectivity index (χ4n) is 4.58. The van der Waals surface area contributed by atoms with Gasteiger partial charge in [0.25, 0.3) is 11.8 Å². The van der Waals surface area contributed by atoms with Gasteiger partial charge in [-0.25, -0.2) is 9.37 Å². The lowest BCUT2D eigenvalue weighted by atomic mass is 10.1. The van der Waals surface area contributed by atoms with E-state index in [0.29, 0.717) is 23.1 Å². The van der Waals surface area contributed by atoms with Gasteiger partial charge in [0.15, 0.2) is 17.4 Å². The summed E-state index contributed by atoms with van der Waals surface area (Å²) < 4.78 is 34.8. The van der Waals surface area contributed by atoms with Crippen molar-refractivity contribution in [2.75, 3.05) is 25.5 Å². The molecular formula is C24H22ClF2N5O3. The van der Waals surface area contributed by atoms with Crippen molar-refractivity contribution in [3.8, 4) is 17.0 Å². The van der Waals surface area contributed by atoms with E-state index in [9.17, 15) is 18.4 Å². The molecule has 0 unspecified atom stereocenters. The molecule has 8 nitrogen and oxygen atoms in total. The van der Waals surface area contributed by atoms with Crippen molar-refractivity contribution in [1.82, 2.24) is 20.2 Å². The van der Waals surface area contributed by atoms with Gasteiger partial charge in [0.2, 0.25) is 5.82 Å². The molecule has 2 fully saturated rings. The van der Waals surface area contributed by atoms with Gasteiger partial charge in [-0.05, 0) is 42.2 Å². The predicted octanol–water partition coefficient (Wildman–Crippen LogP) is 3.23. The van der Waals surface area contributed by atoms with Gasteiger partial charge in [-0.2, -0.15) is 4.39 Å².